The van der Waals surface area contributed by atoms with Crippen LogP contribution >= 0.6 is 15.9 Å². The fourth-order valence-electron chi connectivity index (χ4n) is 4.02. The highest BCUT2D eigenvalue weighted by Crippen LogP contribution is 2.27. The minimum absolute atomic E-state index is 0.00309. The molecule has 0 aliphatic carbocycles. The van der Waals surface area contributed by atoms with Gasteiger partial charge < -0.3 is 30.1 Å². The SMILES string of the molecule is CCOC(=O)CC[C@H](NC(=O)c1ccc(Br)c(N(C)CC(O)CNc2c(C)nc(NC(=O)C(C)(C)C)[nH]c2=O)c1)C(=O)OCC. The van der Waals surface area contributed by atoms with Crippen molar-refractivity contribution in [2.45, 2.75) is 66.5 Å². The molecule has 1 aromatic carbocycles. The highest BCUT2D eigenvalue weighted by molar-refractivity contribution is 9.10. The van der Waals surface area contributed by atoms with Crippen molar-refractivity contribution in [1.82, 2.24) is 15.3 Å². The summed E-state index contributed by atoms with van der Waals surface area (Å²) in [4.78, 5) is 70.8. The monoisotopic (exact) mass is 694 g/mol. The van der Waals surface area contributed by atoms with Crippen molar-refractivity contribution in [2.24, 2.45) is 5.41 Å². The molecule has 0 radical (unpaired) electrons. The van der Waals surface area contributed by atoms with E-state index in [2.05, 4.69) is 41.8 Å². The fraction of sp³-hybridized carbons (Fsp3) is 0.533. The second kappa shape index (κ2) is 16.9. The van der Waals surface area contributed by atoms with Crippen LogP contribution in [0.5, 0.6) is 0 Å². The number of carbonyl (C=O) groups excluding carboxylic acids is 4. The molecule has 0 saturated carbocycles. The Labute approximate surface area is 270 Å². The van der Waals surface area contributed by atoms with Crippen molar-refractivity contribution in [3.8, 4) is 0 Å². The number of amides is 2. The van der Waals surface area contributed by atoms with Crippen LogP contribution in [0, 0.1) is 12.3 Å². The zero-order valence-corrected chi connectivity index (χ0v) is 28.3. The first-order valence-electron chi connectivity index (χ1n) is 14.5. The summed E-state index contributed by atoms with van der Waals surface area (Å²) in [6.45, 7) is 10.6. The Morgan fingerprint density at radius 1 is 1.13 bits per heavy atom. The van der Waals surface area contributed by atoms with E-state index in [1.54, 1.807) is 71.7 Å². The molecule has 2 atom stereocenters. The first kappa shape index (κ1) is 37.2. The second-order valence-corrected chi connectivity index (χ2v) is 12.1. The number of H-pyrrole nitrogens is 1. The maximum atomic E-state index is 13.1. The molecule has 1 heterocycles. The number of aromatic amines is 1. The average molecular weight is 696 g/mol. The van der Waals surface area contributed by atoms with Crippen LogP contribution in [0.2, 0.25) is 0 Å². The number of likely N-dealkylation sites (N-methyl/N-ethyl adjacent to an activating group) is 1. The largest absolute Gasteiger partial charge is 0.466 e. The smallest absolute Gasteiger partial charge is 0.328 e. The first-order chi connectivity index (χ1) is 21.1. The van der Waals surface area contributed by atoms with Gasteiger partial charge in [-0.05, 0) is 61.3 Å². The lowest BCUT2D eigenvalue weighted by molar-refractivity contribution is -0.146. The summed E-state index contributed by atoms with van der Waals surface area (Å²) in [5, 5.41) is 18.9. The average Bonchev–Trinajstić information content (AvgIpc) is 2.94. The minimum Gasteiger partial charge on any atom is -0.466 e. The number of esters is 2. The summed E-state index contributed by atoms with van der Waals surface area (Å²) in [7, 11) is 1.72. The van der Waals surface area contributed by atoms with Gasteiger partial charge in [-0.15, -0.1) is 0 Å². The molecule has 0 spiro atoms. The number of ether oxygens (including phenoxy) is 2. The van der Waals surface area contributed by atoms with E-state index >= 15 is 0 Å². The summed E-state index contributed by atoms with van der Waals surface area (Å²) in [6.07, 6.45) is -1.01. The van der Waals surface area contributed by atoms with Crippen molar-refractivity contribution in [3.63, 3.8) is 0 Å². The Bertz CT molecular complexity index is 1420. The quantitative estimate of drug-likeness (QED) is 0.172. The first-order valence-corrected chi connectivity index (χ1v) is 15.3. The third-order valence-corrected chi connectivity index (χ3v) is 7.12. The van der Waals surface area contributed by atoms with Gasteiger partial charge in [-0.1, -0.05) is 20.8 Å². The molecule has 0 saturated heterocycles. The molecule has 2 amide bonds. The molecule has 15 heteroatoms. The Balaban J connectivity index is 2.08. The van der Waals surface area contributed by atoms with Crippen molar-refractivity contribution in [1.29, 1.82) is 0 Å². The molecule has 1 unspecified atom stereocenters. The van der Waals surface area contributed by atoms with E-state index in [4.69, 9.17) is 9.47 Å². The number of rotatable bonds is 15. The van der Waals surface area contributed by atoms with Gasteiger partial charge in [-0.3, -0.25) is 29.5 Å². The molecule has 1 aromatic heterocycles. The van der Waals surface area contributed by atoms with E-state index in [0.29, 0.717) is 15.9 Å². The lowest BCUT2D eigenvalue weighted by atomic mass is 9.96. The van der Waals surface area contributed by atoms with Gasteiger partial charge in [0.2, 0.25) is 11.9 Å². The lowest BCUT2D eigenvalue weighted by Crippen LogP contribution is -2.42. The molecule has 0 fully saturated rings. The number of aliphatic hydroxyl groups excluding tert-OH is 1. The maximum Gasteiger partial charge on any atom is 0.328 e. The maximum absolute atomic E-state index is 13.1. The number of carbonyl (C=O) groups is 4. The Hall–Kier alpha value is -3.98. The predicted molar refractivity (Wildman–Crippen MR) is 173 cm³/mol. The van der Waals surface area contributed by atoms with E-state index in [1.807, 2.05) is 0 Å². The Morgan fingerprint density at radius 2 is 1.80 bits per heavy atom. The number of aryl methyl sites for hydroxylation is 1. The second-order valence-electron chi connectivity index (χ2n) is 11.3. The number of hydrogen-bond acceptors (Lipinski definition) is 11. The number of aromatic nitrogens is 2. The van der Waals surface area contributed by atoms with Crippen LogP contribution < -0.4 is 26.4 Å². The van der Waals surface area contributed by atoms with E-state index in [0.717, 1.165) is 0 Å². The van der Waals surface area contributed by atoms with Crippen LogP contribution in [0.3, 0.4) is 0 Å². The van der Waals surface area contributed by atoms with Gasteiger partial charge in [-0.2, -0.15) is 0 Å². The molecule has 0 aliphatic rings. The molecular weight excluding hydrogens is 652 g/mol. The van der Waals surface area contributed by atoms with E-state index in [1.165, 1.54) is 0 Å². The van der Waals surface area contributed by atoms with E-state index in [9.17, 15) is 29.1 Å². The standard InChI is InChI=1S/C30H43BrN6O8/c1-8-44-23(39)13-12-21(27(42)45-9-2)34-25(40)18-10-11-20(31)22(14-18)37(7)16-19(38)15-32-24-17(3)33-29(35-26(24)41)36-28(43)30(4,5)6/h10-11,14,19,21,32,38H,8-9,12-13,15-16H2,1-7H3,(H,34,40)(H2,33,35,36,41,43)/t19?,21-/m0/s1. The van der Waals surface area contributed by atoms with Crippen LogP contribution in [0.4, 0.5) is 17.3 Å². The van der Waals surface area contributed by atoms with Crippen molar-refractivity contribution in [2.75, 3.05) is 48.9 Å². The summed E-state index contributed by atoms with van der Waals surface area (Å²) in [6, 6.07) is 3.77. The summed E-state index contributed by atoms with van der Waals surface area (Å²) < 4.78 is 10.6. The molecule has 0 aliphatic heterocycles. The van der Waals surface area contributed by atoms with Gasteiger partial charge in [0.25, 0.3) is 11.5 Å². The highest BCUT2D eigenvalue weighted by atomic mass is 79.9. The van der Waals surface area contributed by atoms with Gasteiger partial charge in [-0.25, -0.2) is 9.78 Å². The van der Waals surface area contributed by atoms with Crippen LogP contribution in [0.1, 0.15) is 63.5 Å². The normalized spacial score (nSPS) is 12.5. The zero-order valence-electron chi connectivity index (χ0n) is 26.7. The number of nitrogens with zero attached hydrogens (tertiary/aromatic N) is 2. The number of aliphatic hydroxyl groups is 1. The molecule has 5 N–H and O–H groups in total. The third kappa shape index (κ3) is 11.5. The Morgan fingerprint density at radius 3 is 2.40 bits per heavy atom. The molecule has 248 valence electrons. The highest BCUT2D eigenvalue weighted by Gasteiger charge is 2.25. The van der Waals surface area contributed by atoms with Gasteiger partial charge in [0.1, 0.15) is 11.7 Å². The number of benzene rings is 1. The van der Waals surface area contributed by atoms with E-state index in [-0.39, 0.29) is 62.3 Å². The topological polar surface area (TPSA) is 192 Å². The lowest BCUT2D eigenvalue weighted by Gasteiger charge is -2.25. The zero-order chi connectivity index (χ0) is 33.9. The van der Waals surface area contributed by atoms with Crippen molar-refractivity contribution < 1.29 is 33.8 Å². The molecular formula is C30H43BrN6O8. The number of nitrogens with one attached hydrogen (secondary N) is 4. The molecule has 0 bridgehead atoms. The molecule has 14 nitrogen and oxygen atoms in total. The molecule has 2 rings (SSSR count). The predicted octanol–water partition coefficient (Wildman–Crippen LogP) is 2.74. The van der Waals surface area contributed by atoms with Crippen LogP contribution in [-0.4, -0.2) is 84.3 Å². The van der Waals surface area contributed by atoms with Gasteiger partial charge in [0, 0.05) is 42.0 Å². The van der Waals surface area contributed by atoms with E-state index < -0.39 is 41.0 Å². The molecule has 45 heavy (non-hydrogen) atoms. The van der Waals surface area contributed by atoms with Crippen LogP contribution in [-0.2, 0) is 23.9 Å². The van der Waals surface area contributed by atoms with Crippen LogP contribution in [0.25, 0.3) is 0 Å². The summed E-state index contributed by atoms with van der Waals surface area (Å²) in [5.74, 6) is -1.96. The third-order valence-electron chi connectivity index (χ3n) is 6.45. The summed E-state index contributed by atoms with van der Waals surface area (Å²) >= 11 is 3.47. The number of hydrogen-bond donors (Lipinski definition) is 5. The minimum atomic E-state index is -1.05. The Kier molecular flexibility index (Phi) is 14.0. The van der Waals surface area contributed by atoms with Crippen molar-refractivity contribution in [3.05, 3.63) is 44.3 Å². The summed E-state index contributed by atoms with van der Waals surface area (Å²) in [5.41, 5.74) is 0.143. The molecule has 2 aromatic rings. The van der Waals surface area contributed by atoms with Gasteiger partial charge in [0.15, 0.2) is 0 Å². The number of anilines is 3. The fourth-order valence-corrected chi connectivity index (χ4v) is 4.57. The van der Waals surface area contributed by atoms with Gasteiger partial charge >= 0.3 is 11.9 Å². The number of halogens is 1. The van der Waals surface area contributed by atoms with Gasteiger partial charge in [0.05, 0.1) is 30.7 Å². The van der Waals surface area contributed by atoms with Crippen LogP contribution in [0.15, 0.2) is 27.5 Å². The van der Waals surface area contributed by atoms with Crippen molar-refractivity contribution >= 4 is 57.0 Å².